The lowest BCUT2D eigenvalue weighted by Crippen LogP contribution is -2.35. The first-order valence-electron chi connectivity index (χ1n) is 7.80. The molecule has 0 spiro atoms. The van der Waals surface area contributed by atoms with Crippen LogP contribution in [0, 0.1) is 5.92 Å². The molecule has 1 saturated heterocycles. The highest BCUT2D eigenvalue weighted by molar-refractivity contribution is 4.67. The third kappa shape index (κ3) is 8.06. The van der Waals surface area contributed by atoms with E-state index < -0.39 is 0 Å². The van der Waals surface area contributed by atoms with Crippen LogP contribution in [0.15, 0.2) is 0 Å². The Kier molecular flexibility index (Phi) is 8.64. The third-order valence-corrected chi connectivity index (χ3v) is 3.80. The molecule has 1 heterocycles. The van der Waals surface area contributed by atoms with Gasteiger partial charge in [-0.3, -0.25) is 0 Å². The lowest BCUT2D eigenvalue weighted by atomic mass is 10.1. The highest BCUT2D eigenvalue weighted by atomic mass is 15.2. The zero-order valence-corrected chi connectivity index (χ0v) is 12.7. The van der Waals surface area contributed by atoms with Gasteiger partial charge >= 0.3 is 0 Å². The van der Waals surface area contributed by atoms with Crippen LogP contribution >= 0.6 is 0 Å². The molecule has 0 aromatic rings. The summed E-state index contributed by atoms with van der Waals surface area (Å²) in [5, 5.41) is 3.54. The van der Waals surface area contributed by atoms with E-state index in [0.29, 0.717) is 0 Å². The Hall–Kier alpha value is -0.120. The standard InChI is InChI=1S/C15H33N3/c1-15(2)7-6-8-16-9-12-17(3)13-14-18-10-4-5-11-18/h15-16H,4-14H2,1-3H3. The van der Waals surface area contributed by atoms with E-state index >= 15 is 0 Å². The number of hydrogen-bond donors (Lipinski definition) is 1. The van der Waals surface area contributed by atoms with Gasteiger partial charge in [0, 0.05) is 26.2 Å². The molecule has 0 unspecified atom stereocenters. The molecule has 0 saturated carbocycles. The SMILES string of the molecule is CC(C)CCCNCCN(C)CCN1CCCC1. The van der Waals surface area contributed by atoms with Crippen LogP contribution in [0.3, 0.4) is 0 Å². The van der Waals surface area contributed by atoms with Gasteiger partial charge in [0.1, 0.15) is 0 Å². The summed E-state index contributed by atoms with van der Waals surface area (Å²) in [4.78, 5) is 5.04. The molecule has 3 nitrogen and oxygen atoms in total. The Morgan fingerprint density at radius 3 is 2.50 bits per heavy atom. The number of rotatable bonds is 10. The normalized spacial score (nSPS) is 17.2. The topological polar surface area (TPSA) is 18.5 Å². The van der Waals surface area contributed by atoms with Crippen molar-refractivity contribution in [2.24, 2.45) is 5.92 Å². The molecular weight excluding hydrogens is 222 g/mol. The molecule has 108 valence electrons. The van der Waals surface area contributed by atoms with Gasteiger partial charge in [-0.15, -0.1) is 0 Å². The van der Waals surface area contributed by atoms with Gasteiger partial charge in [0.2, 0.25) is 0 Å². The van der Waals surface area contributed by atoms with E-state index in [1.807, 2.05) is 0 Å². The van der Waals surface area contributed by atoms with Gasteiger partial charge in [-0.1, -0.05) is 13.8 Å². The van der Waals surface area contributed by atoms with Crippen molar-refractivity contribution in [3.05, 3.63) is 0 Å². The molecule has 0 aromatic heterocycles. The summed E-state index contributed by atoms with van der Waals surface area (Å²) in [7, 11) is 2.24. The minimum atomic E-state index is 0.843. The van der Waals surface area contributed by atoms with Crippen molar-refractivity contribution in [1.82, 2.24) is 15.1 Å². The van der Waals surface area contributed by atoms with E-state index in [9.17, 15) is 0 Å². The molecule has 0 atom stereocenters. The maximum atomic E-state index is 3.54. The van der Waals surface area contributed by atoms with Crippen molar-refractivity contribution in [2.45, 2.75) is 39.5 Å². The van der Waals surface area contributed by atoms with Crippen LogP contribution < -0.4 is 5.32 Å². The molecule has 1 N–H and O–H groups in total. The molecular formula is C15H33N3. The van der Waals surface area contributed by atoms with E-state index in [1.165, 1.54) is 65.0 Å². The Balaban J connectivity index is 1.85. The monoisotopic (exact) mass is 255 g/mol. The molecule has 1 rings (SSSR count). The number of likely N-dealkylation sites (tertiary alicyclic amines) is 1. The summed E-state index contributed by atoms with van der Waals surface area (Å²) in [5.74, 6) is 0.843. The van der Waals surface area contributed by atoms with E-state index in [4.69, 9.17) is 0 Å². The third-order valence-electron chi connectivity index (χ3n) is 3.80. The molecule has 1 aliphatic heterocycles. The molecule has 3 heteroatoms. The fourth-order valence-electron chi connectivity index (χ4n) is 2.46. The first-order chi connectivity index (χ1) is 8.68. The Morgan fingerprint density at radius 1 is 1.11 bits per heavy atom. The number of hydrogen-bond acceptors (Lipinski definition) is 3. The van der Waals surface area contributed by atoms with Crippen LogP contribution in [0.1, 0.15) is 39.5 Å². The van der Waals surface area contributed by atoms with E-state index in [0.717, 1.165) is 12.5 Å². The van der Waals surface area contributed by atoms with Crippen LogP contribution in [0.2, 0.25) is 0 Å². The minimum Gasteiger partial charge on any atom is -0.315 e. The molecule has 1 aliphatic rings. The van der Waals surface area contributed by atoms with Crippen LogP contribution in [-0.2, 0) is 0 Å². The zero-order valence-electron chi connectivity index (χ0n) is 12.7. The maximum Gasteiger partial charge on any atom is 0.0109 e. The van der Waals surface area contributed by atoms with E-state index in [-0.39, 0.29) is 0 Å². The van der Waals surface area contributed by atoms with Crippen molar-refractivity contribution < 1.29 is 0 Å². The first-order valence-corrected chi connectivity index (χ1v) is 7.80. The summed E-state index contributed by atoms with van der Waals surface area (Å²) in [6.07, 6.45) is 5.47. The first kappa shape index (κ1) is 15.9. The smallest absolute Gasteiger partial charge is 0.0109 e. The molecule has 0 aromatic carbocycles. The molecule has 0 radical (unpaired) electrons. The lowest BCUT2D eigenvalue weighted by Gasteiger charge is -2.21. The molecule has 0 amide bonds. The zero-order chi connectivity index (χ0) is 13.2. The summed E-state index contributed by atoms with van der Waals surface area (Å²) < 4.78 is 0. The number of likely N-dealkylation sites (N-methyl/N-ethyl adjacent to an activating group) is 1. The van der Waals surface area contributed by atoms with Gasteiger partial charge in [-0.25, -0.2) is 0 Å². The quantitative estimate of drug-likeness (QED) is 0.603. The van der Waals surface area contributed by atoms with Crippen LogP contribution in [0.4, 0.5) is 0 Å². The van der Waals surface area contributed by atoms with Gasteiger partial charge in [0.25, 0.3) is 0 Å². The van der Waals surface area contributed by atoms with Crippen LogP contribution in [0.5, 0.6) is 0 Å². The predicted octanol–water partition coefficient (Wildman–Crippen LogP) is 2.04. The average Bonchev–Trinajstić information content (AvgIpc) is 2.83. The van der Waals surface area contributed by atoms with E-state index in [1.54, 1.807) is 0 Å². The lowest BCUT2D eigenvalue weighted by molar-refractivity contribution is 0.257. The van der Waals surface area contributed by atoms with Gasteiger partial charge in [-0.05, 0) is 58.3 Å². The second kappa shape index (κ2) is 9.76. The van der Waals surface area contributed by atoms with Crippen LogP contribution in [-0.4, -0.2) is 62.7 Å². The predicted molar refractivity (Wildman–Crippen MR) is 80.1 cm³/mol. The maximum absolute atomic E-state index is 3.54. The second-order valence-corrected chi connectivity index (χ2v) is 6.14. The Bertz CT molecular complexity index is 188. The van der Waals surface area contributed by atoms with Gasteiger partial charge in [0.15, 0.2) is 0 Å². The molecule has 0 bridgehead atoms. The number of nitrogens with zero attached hydrogens (tertiary/aromatic N) is 2. The van der Waals surface area contributed by atoms with Crippen molar-refractivity contribution in [3.8, 4) is 0 Å². The van der Waals surface area contributed by atoms with Gasteiger partial charge in [-0.2, -0.15) is 0 Å². The van der Waals surface area contributed by atoms with Crippen molar-refractivity contribution in [2.75, 3.05) is 52.9 Å². The largest absolute Gasteiger partial charge is 0.315 e. The summed E-state index contributed by atoms with van der Waals surface area (Å²) in [5.41, 5.74) is 0. The fourth-order valence-corrected chi connectivity index (χ4v) is 2.46. The van der Waals surface area contributed by atoms with Crippen LogP contribution in [0.25, 0.3) is 0 Å². The minimum absolute atomic E-state index is 0.843. The number of nitrogens with one attached hydrogen (secondary N) is 1. The highest BCUT2D eigenvalue weighted by Crippen LogP contribution is 2.06. The fraction of sp³-hybridized carbons (Fsp3) is 1.00. The molecule has 0 aliphatic carbocycles. The summed E-state index contributed by atoms with van der Waals surface area (Å²) >= 11 is 0. The van der Waals surface area contributed by atoms with Gasteiger partial charge in [0.05, 0.1) is 0 Å². The Morgan fingerprint density at radius 2 is 1.83 bits per heavy atom. The van der Waals surface area contributed by atoms with Crippen molar-refractivity contribution in [1.29, 1.82) is 0 Å². The summed E-state index contributed by atoms with van der Waals surface area (Å²) in [6.45, 7) is 13.2. The van der Waals surface area contributed by atoms with Crippen molar-refractivity contribution in [3.63, 3.8) is 0 Å². The molecule has 18 heavy (non-hydrogen) atoms. The Labute approximate surface area is 114 Å². The second-order valence-electron chi connectivity index (χ2n) is 6.14. The highest BCUT2D eigenvalue weighted by Gasteiger charge is 2.11. The van der Waals surface area contributed by atoms with Crippen molar-refractivity contribution >= 4 is 0 Å². The average molecular weight is 255 g/mol. The van der Waals surface area contributed by atoms with Gasteiger partial charge < -0.3 is 15.1 Å². The molecule has 1 fully saturated rings. The van der Waals surface area contributed by atoms with E-state index in [2.05, 4.69) is 36.0 Å². The summed E-state index contributed by atoms with van der Waals surface area (Å²) in [6, 6.07) is 0.